The van der Waals surface area contributed by atoms with Crippen LogP contribution in [0.15, 0.2) is 24.3 Å². The van der Waals surface area contributed by atoms with Crippen LogP contribution in [0, 0.1) is 6.92 Å². The van der Waals surface area contributed by atoms with E-state index in [0.29, 0.717) is 0 Å². The van der Waals surface area contributed by atoms with Gasteiger partial charge in [-0.1, -0.05) is 18.2 Å². The Morgan fingerprint density at radius 3 is 2.75 bits per heavy atom. The average molecular weight is 182 g/mol. The van der Waals surface area contributed by atoms with Gasteiger partial charge in [0.25, 0.3) is 0 Å². The van der Waals surface area contributed by atoms with Gasteiger partial charge in [0.05, 0.1) is 6.61 Å². The second-order valence-electron chi connectivity index (χ2n) is 2.69. The minimum atomic E-state index is 0.758. The second-order valence-corrected chi connectivity index (χ2v) is 3.14. The first-order chi connectivity index (χ1) is 5.84. The van der Waals surface area contributed by atoms with Crippen molar-refractivity contribution in [2.75, 3.05) is 12.4 Å². The monoisotopic (exact) mass is 182 g/mol. The Kier molecular flexibility index (Phi) is 4.01. The van der Waals surface area contributed by atoms with Crippen molar-refractivity contribution in [3.8, 4) is 5.75 Å². The summed E-state index contributed by atoms with van der Waals surface area (Å²) in [5.41, 5.74) is 1.19. The maximum absolute atomic E-state index is 5.53. The molecule has 0 saturated carbocycles. The fraction of sp³-hybridized carbons (Fsp3) is 0.400. The van der Waals surface area contributed by atoms with Gasteiger partial charge in [0, 0.05) is 0 Å². The van der Waals surface area contributed by atoms with E-state index >= 15 is 0 Å². The van der Waals surface area contributed by atoms with E-state index in [0.717, 1.165) is 24.5 Å². The lowest BCUT2D eigenvalue weighted by Gasteiger charge is -2.06. The molecule has 0 aromatic heterocycles. The number of hydrogen-bond acceptors (Lipinski definition) is 2. The Morgan fingerprint density at radius 1 is 1.33 bits per heavy atom. The molecule has 0 saturated heterocycles. The maximum Gasteiger partial charge on any atom is 0.122 e. The molecule has 1 nitrogen and oxygen atoms in total. The zero-order chi connectivity index (χ0) is 8.81. The van der Waals surface area contributed by atoms with Gasteiger partial charge in [-0.15, -0.1) is 0 Å². The van der Waals surface area contributed by atoms with E-state index in [9.17, 15) is 0 Å². The Bertz CT molecular complexity index is 235. The molecule has 0 heterocycles. The van der Waals surface area contributed by atoms with Crippen LogP contribution in [0.25, 0.3) is 0 Å². The quantitative estimate of drug-likeness (QED) is 0.556. The lowest BCUT2D eigenvalue weighted by molar-refractivity contribution is 0.317. The van der Waals surface area contributed by atoms with Gasteiger partial charge >= 0.3 is 0 Å². The lowest BCUT2D eigenvalue weighted by Crippen LogP contribution is -1.98. The van der Waals surface area contributed by atoms with Crippen LogP contribution in [-0.2, 0) is 0 Å². The molecule has 0 aliphatic heterocycles. The Labute approximate surface area is 79.2 Å². The molecule has 0 N–H and O–H groups in total. The summed E-state index contributed by atoms with van der Waals surface area (Å²) in [5, 5.41) is 0. The summed E-state index contributed by atoms with van der Waals surface area (Å²) in [6.45, 7) is 2.81. The van der Waals surface area contributed by atoms with Crippen molar-refractivity contribution >= 4 is 12.6 Å². The summed E-state index contributed by atoms with van der Waals surface area (Å²) in [7, 11) is 0. The fourth-order valence-electron chi connectivity index (χ4n) is 0.965. The van der Waals surface area contributed by atoms with Crippen LogP contribution in [0.5, 0.6) is 5.75 Å². The number of thiol groups is 1. The average Bonchev–Trinajstić information content (AvgIpc) is 2.09. The second kappa shape index (κ2) is 5.09. The zero-order valence-electron chi connectivity index (χ0n) is 7.29. The predicted octanol–water partition coefficient (Wildman–Crippen LogP) is 2.69. The largest absolute Gasteiger partial charge is 0.493 e. The van der Waals surface area contributed by atoms with E-state index in [1.165, 1.54) is 5.56 Å². The van der Waals surface area contributed by atoms with Crippen LogP contribution in [-0.4, -0.2) is 12.4 Å². The molecule has 1 rings (SSSR count). The number of para-hydroxylation sites is 1. The van der Waals surface area contributed by atoms with Gasteiger partial charge in [-0.25, -0.2) is 0 Å². The van der Waals surface area contributed by atoms with Crippen molar-refractivity contribution in [3.63, 3.8) is 0 Å². The van der Waals surface area contributed by atoms with Crippen LogP contribution in [0.1, 0.15) is 12.0 Å². The molecular weight excluding hydrogens is 168 g/mol. The van der Waals surface area contributed by atoms with E-state index in [2.05, 4.69) is 25.6 Å². The Morgan fingerprint density at radius 2 is 2.08 bits per heavy atom. The van der Waals surface area contributed by atoms with E-state index in [-0.39, 0.29) is 0 Å². The highest BCUT2D eigenvalue weighted by Crippen LogP contribution is 2.15. The fourth-order valence-corrected chi connectivity index (χ4v) is 1.09. The van der Waals surface area contributed by atoms with Crippen molar-refractivity contribution in [1.29, 1.82) is 0 Å². The first kappa shape index (κ1) is 9.46. The van der Waals surface area contributed by atoms with Gasteiger partial charge in [-0.05, 0) is 30.7 Å². The summed E-state index contributed by atoms with van der Waals surface area (Å²) in [6.07, 6.45) is 0.997. The van der Waals surface area contributed by atoms with Crippen molar-refractivity contribution < 1.29 is 4.74 Å². The standard InChI is InChI=1S/C10H14OS/c1-9-5-2-3-6-10(9)11-7-4-8-12/h2-3,5-6,12H,4,7-8H2,1H3. The molecule has 1 aromatic carbocycles. The minimum absolute atomic E-state index is 0.758. The van der Waals surface area contributed by atoms with Crippen molar-refractivity contribution in [2.24, 2.45) is 0 Å². The topological polar surface area (TPSA) is 9.23 Å². The van der Waals surface area contributed by atoms with E-state index in [1.54, 1.807) is 0 Å². The van der Waals surface area contributed by atoms with Crippen LogP contribution >= 0.6 is 12.6 Å². The van der Waals surface area contributed by atoms with Crippen LogP contribution in [0.4, 0.5) is 0 Å². The summed E-state index contributed by atoms with van der Waals surface area (Å²) >= 11 is 4.11. The Hall–Kier alpha value is -0.630. The number of rotatable bonds is 4. The van der Waals surface area contributed by atoms with Crippen molar-refractivity contribution in [3.05, 3.63) is 29.8 Å². The number of hydrogen-bond donors (Lipinski definition) is 1. The number of ether oxygens (including phenoxy) is 1. The number of aryl methyl sites for hydroxylation is 1. The third-order valence-electron chi connectivity index (χ3n) is 1.65. The third-order valence-corrected chi connectivity index (χ3v) is 1.97. The molecule has 0 fully saturated rings. The number of benzene rings is 1. The molecule has 0 bridgehead atoms. The molecule has 0 unspecified atom stereocenters. The van der Waals surface area contributed by atoms with E-state index < -0.39 is 0 Å². The molecule has 66 valence electrons. The SMILES string of the molecule is Cc1ccccc1OCCCS. The van der Waals surface area contributed by atoms with Gasteiger partial charge in [-0.2, -0.15) is 12.6 Å². The molecule has 0 atom stereocenters. The molecule has 12 heavy (non-hydrogen) atoms. The van der Waals surface area contributed by atoms with E-state index in [1.807, 2.05) is 18.2 Å². The highest BCUT2D eigenvalue weighted by molar-refractivity contribution is 7.80. The van der Waals surface area contributed by atoms with Crippen molar-refractivity contribution in [1.82, 2.24) is 0 Å². The normalized spacial score (nSPS) is 9.83. The van der Waals surface area contributed by atoms with Crippen molar-refractivity contribution in [2.45, 2.75) is 13.3 Å². The lowest BCUT2D eigenvalue weighted by atomic mass is 10.2. The molecule has 2 heteroatoms. The van der Waals surface area contributed by atoms with Crippen LogP contribution < -0.4 is 4.74 Å². The van der Waals surface area contributed by atoms with E-state index in [4.69, 9.17) is 4.74 Å². The molecule has 0 radical (unpaired) electrons. The van der Waals surface area contributed by atoms with Gasteiger partial charge in [-0.3, -0.25) is 0 Å². The summed E-state index contributed by atoms with van der Waals surface area (Å²) in [5.74, 6) is 1.87. The molecule has 0 amide bonds. The van der Waals surface area contributed by atoms with Crippen LogP contribution in [0.2, 0.25) is 0 Å². The minimum Gasteiger partial charge on any atom is -0.493 e. The molecule has 0 aliphatic rings. The molecule has 0 aliphatic carbocycles. The first-order valence-corrected chi connectivity index (χ1v) is 4.77. The zero-order valence-corrected chi connectivity index (χ0v) is 8.18. The Balaban J connectivity index is 2.46. The molecule has 0 spiro atoms. The predicted molar refractivity (Wildman–Crippen MR) is 55.1 cm³/mol. The van der Waals surface area contributed by atoms with Crippen LogP contribution in [0.3, 0.4) is 0 Å². The highest BCUT2D eigenvalue weighted by atomic mass is 32.1. The summed E-state index contributed by atoms with van der Waals surface area (Å²) < 4.78 is 5.53. The smallest absolute Gasteiger partial charge is 0.122 e. The summed E-state index contributed by atoms with van der Waals surface area (Å²) in [4.78, 5) is 0. The van der Waals surface area contributed by atoms with Gasteiger partial charge < -0.3 is 4.74 Å². The van der Waals surface area contributed by atoms with Gasteiger partial charge in [0.2, 0.25) is 0 Å². The summed E-state index contributed by atoms with van der Waals surface area (Å²) in [6, 6.07) is 8.05. The van der Waals surface area contributed by atoms with Gasteiger partial charge in [0.15, 0.2) is 0 Å². The molecule has 1 aromatic rings. The molecular formula is C10H14OS. The third kappa shape index (κ3) is 2.78. The first-order valence-electron chi connectivity index (χ1n) is 4.14. The highest BCUT2D eigenvalue weighted by Gasteiger charge is 1.95. The van der Waals surface area contributed by atoms with Gasteiger partial charge in [0.1, 0.15) is 5.75 Å². The maximum atomic E-state index is 5.53.